The Balaban J connectivity index is 1.49. The minimum atomic E-state index is -0.371. The summed E-state index contributed by atoms with van der Waals surface area (Å²) in [6.45, 7) is 9.56. The van der Waals surface area contributed by atoms with Crippen molar-refractivity contribution in [3.8, 4) is 6.07 Å². The van der Waals surface area contributed by atoms with Gasteiger partial charge in [-0.3, -0.25) is 9.59 Å². The normalized spacial score (nSPS) is 15.5. The molecular formula is C39H48N8O2. The summed E-state index contributed by atoms with van der Waals surface area (Å²) in [5.74, 6) is 0.122. The molecule has 0 spiro atoms. The van der Waals surface area contributed by atoms with E-state index in [4.69, 9.17) is 0 Å². The Morgan fingerprint density at radius 3 is 2.49 bits per heavy atom. The van der Waals surface area contributed by atoms with E-state index in [1.165, 1.54) is 22.3 Å². The van der Waals surface area contributed by atoms with Crippen LogP contribution in [0.5, 0.6) is 0 Å². The van der Waals surface area contributed by atoms with Crippen LogP contribution in [0.1, 0.15) is 94.2 Å². The van der Waals surface area contributed by atoms with E-state index in [0.717, 1.165) is 42.4 Å². The van der Waals surface area contributed by atoms with Crippen LogP contribution in [0.3, 0.4) is 0 Å². The fraction of sp³-hybridized carbons (Fsp3) is 0.436. The lowest BCUT2D eigenvalue weighted by molar-refractivity contribution is -0.130. The molecular weight excluding hydrogens is 612 g/mol. The topological polar surface area (TPSA) is 140 Å². The van der Waals surface area contributed by atoms with Crippen LogP contribution in [0.2, 0.25) is 0 Å². The van der Waals surface area contributed by atoms with Gasteiger partial charge in [-0.1, -0.05) is 71.8 Å². The summed E-state index contributed by atoms with van der Waals surface area (Å²) < 4.78 is 0. The maximum absolute atomic E-state index is 13.3. The molecule has 10 nitrogen and oxygen atoms in total. The first-order valence-corrected chi connectivity index (χ1v) is 17.5. The van der Waals surface area contributed by atoms with E-state index in [0.29, 0.717) is 43.7 Å². The Kier molecular flexibility index (Phi) is 12.3. The van der Waals surface area contributed by atoms with Gasteiger partial charge in [0.25, 0.3) is 5.91 Å². The van der Waals surface area contributed by atoms with Crippen molar-refractivity contribution < 1.29 is 9.59 Å². The standard InChI is InChI=1S/C39H48N8O2/c1-5-29-14-11-27(4)20-30(29)15-16-31-22-32(39(49)41-6-2)17-18-35(31)36(38-43-45-46-44-38)23-33(21-28-12-9-26(3)10-13-28)42-25-37(48)47-19-7-8-34(47)24-40/h9-14,17-18,20,22,33-34,36,42H,5-8,15-16,19,21,23,25H2,1-4H3,(H,41,49)(H,43,44,45,46). The highest BCUT2D eigenvalue weighted by Crippen LogP contribution is 2.32. The number of nitriles is 1. The van der Waals surface area contributed by atoms with Crippen molar-refractivity contribution in [1.82, 2.24) is 36.2 Å². The number of H-pyrrole nitrogens is 1. The van der Waals surface area contributed by atoms with Crippen LogP contribution in [0.25, 0.3) is 0 Å². The van der Waals surface area contributed by atoms with E-state index in [1.54, 1.807) is 4.90 Å². The number of aromatic nitrogens is 4. The third-order valence-corrected chi connectivity index (χ3v) is 9.58. The van der Waals surface area contributed by atoms with Gasteiger partial charge in [-0.05, 0) is 106 Å². The average molecular weight is 661 g/mol. The lowest BCUT2D eigenvalue weighted by atomic mass is 9.83. The highest BCUT2D eigenvalue weighted by Gasteiger charge is 2.30. The van der Waals surface area contributed by atoms with E-state index < -0.39 is 0 Å². The molecule has 0 radical (unpaired) electrons. The number of tetrazole rings is 1. The Hall–Kier alpha value is -4.88. The summed E-state index contributed by atoms with van der Waals surface area (Å²) in [6, 6.07) is 22.8. The van der Waals surface area contributed by atoms with Gasteiger partial charge in [0.2, 0.25) is 5.91 Å². The molecule has 1 aromatic heterocycles. The van der Waals surface area contributed by atoms with Crippen LogP contribution in [-0.2, 0) is 30.5 Å². The highest BCUT2D eigenvalue weighted by molar-refractivity contribution is 5.94. The summed E-state index contributed by atoms with van der Waals surface area (Å²) in [5.41, 5.74) is 8.90. The highest BCUT2D eigenvalue weighted by atomic mass is 16.2. The summed E-state index contributed by atoms with van der Waals surface area (Å²) >= 11 is 0. The molecule has 2 heterocycles. The molecule has 1 saturated heterocycles. The Bertz CT molecular complexity index is 1750. The van der Waals surface area contributed by atoms with Crippen molar-refractivity contribution in [3.63, 3.8) is 0 Å². The Morgan fingerprint density at radius 1 is 1.00 bits per heavy atom. The predicted molar refractivity (Wildman–Crippen MR) is 190 cm³/mol. The molecule has 5 rings (SSSR count). The maximum Gasteiger partial charge on any atom is 0.251 e. The van der Waals surface area contributed by atoms with Gasteiger partial charge in [0.15, 0.2) is 5.82 Å². The monoisotopic (exact) mass is 660 g/mol. The molecule has 10 heteroatoms. The molecule has 1 fully saturated rings. The Morgan fingerprint density at radius 2 is 1.78 bits per heavy atom. The number of hydrogen-bond donors (Lipinski definition) is 3. The number of likely N-dealkylation sites (tertiary alicyclic amines) is 1. The van der Waals surface area contributed by atoms with E-state index in [1.807, 2.05) is 25.1 Å². The van der Waals surface area contributed by atoms with Crippen LogP contribution in [0.4, 0.5) is 0 Å². The maximum atomic E-state index is 13.3. The number of aromatic amines is 1. The van der Waals surface area contributed by atoms with Crippen LogP contribution >= 0.6 is 0 Å². The van der Waals surface area contributed by atoms with Crippen LogP contribution in [0.15, 0.2) is 60.7 Å². The van der Waals surface area contributed by atoms with Crippen LogP contribution in [0, 0.1) is 25.2 Å². The molecule has 0 saturated carbocycles. The number of aryl methyl sites for hydroxylation is 5. The molecule has 0 aliphatic carbocycles. The number of amides is 2. The molecule has 4 aromatic rings. The molecule has 0 bridgehead atoms. The summed E-state index contributed by atoms with van der Waals surface area (Å²) in [6.07, 6.45) is 5.32. The fourth-order valence-corrected chi connectivity index (χ4v) is 6.92. The van der Waals surface area contributed by atoms with E-state index in [2.05, 4.69) is 101 Å². The zero-order valence-corrected chi connectivity index (χ0v) is 29.1. The summed E-state index contributed by atoms with van der Waals surface area (Å²) in [4.78, 5) is 28.1. The molecule has 1 aliphatic heterocycles. The van der Waals surface area contributed by atoms with Gasteiger partial charge in [0.1, 0.15) is 6.04 Å². The minimum absolute atomic E-state index is 0.0640. The first-order chi connectivity index (χ1) is 23.8. The van der Waals surface area contributed by atoms with E-state index in [9.17, 15) is 14.9 Å². The summed E-state index contributed by atoms with van der Waals surface area (Å²) in [7, 11) is 0. The zero-order valence-electron chi connectivity index (χ0n) is 29.1. The zero-order chi connectivity index (χ0) is 34.8. The largest absolute Gasteiger partial charge is 0.352 e. The number of carbonyl (C=O) groups is 2. The van der Waals surface area contributed by atoms with Gasteiger partial charge in [0.05, 0.1) is 12.6 Å². The smallest absolute Gasteiger partial charge is 0.251 e. The number of nitrogens with zero attached hydrogens (tertiary/aromatic N) is 5. The van der Waals surface area contributed by atoms with E-state index in [-0.39, 0.29) is 36.4 Å². The number of hydrogen-bond acceptors (Lipinski definition) is 7. The number of rotatable bonds is 15. The lowest BCUT2D eigenvalue weighted by Crippen LogP contribution is -2.44. The molecule has 3 unspecified atom stereocenters. The number of benzene rings is 3. The Labute approximate surface area is 289 Å². The first-order valence-electron chi connectivity index (χ1n) is 17.5. The second kappa shape index (κ2) is 17.0. The molecule has 49 heavy (non-hydrogen) atoms. The summed E-state index contributed by atoms with van der Waals surface area (Å²) in [5, 5.41) is 31.6. The third kappa shape index (κ3) is 9.18. The third-order valence-electron chi connectivity index (χ3n) is 9.58. The van der Waals surface area contributed by atoms with Crippen molar-refractivity contribution in [3.05, 3.63) is 111 Å². The molecule has 3 N–H and O–H groups in total. The van der Waals surface area contributed by atoms with Gasteiger partial charge in [0, 0.05) is 30.6 Å². The van der Waals surface area contributed by atoms with Gasteiger partial charge in [-0.2, -0.15) is 10.5 Å². The number of carbonyl (C=O) groups excluding carboxylic acids is 2. The van der Waals surface area contributed by atoms with Crippen molar-refractivity contribution >= 4 is 11.8 Å². The van der Waals surface area contributed by atoms with Gasteiger partial charge >= 0.3 is 0 Å². The average Bonchev–Trinajstić information content (AvgIpc) is 3.83. The molecule has 256 valence electrons. The molecule has 2 amide bonds. The first kappa shape index (κ1) is 35.4. The fourth-order valence-electron chi connectivity index (χ4n) is 6.92. The van der Waals surface area contributed by atoms with Crippen molar-refractivity contribution in [2.75, 3.05) is 19.6 Å². The second-order valence-corrected chi connectivity index (χ2v) is 13.1. The van der Waals surface area contributed by atoms with Gasteiger partial charge < -0.3 is 15.5 Å². The van der Waals surface area contributed by atoms with E-state index >= 15 is 0 Å². The molecule has 3 aromatic carbocycles. The molecule has 3 atom stereocenters. The van der Waals surface area contributed by atoms with Crippen molar-refractivity contribution in [2.45, 2.75) is 90.6 Å². The van der Waals surface area contributed by atoms with Gasteiger partial charge in [-0.25, -0.2) is 0 Å². The quantitative estimate of drug-likeness (QED) is 0.160. The van der Waals surface area contributed by atoms with Crippen molar-refractivity contribution in [2.24, 2.45) is 0 Å². The number of nitrogens with one attached hydrogen (secondary N) is 3. The predicted octanol–water partition coefficient (Wildman–Crippen LogP) is 5.15. The molecule has 1 aliphatic rings. The van der Waals surface area contributed by atoms with Crippen LogP contribution < -0.4 is 10.6 Å². The minimum Gasteiger partial charge on any atom is -0.352 e. The van der Waals surface area contributed by atoms with Gasteiger partial charge in [-0.15, -0.1) is 10.2 Å². The van der Waals surface area contributed by atoms with Crippen LogP contribution in [-0.4, -0.2) is 69.1 Å². The SMILES string of the molecule is CCNC(=O)c1ccc(C(CC(Cc2ccc(C)cc2)NCC(=O)N2CCCC2C#N)c2nn[nH]n2)c(CCc2cc(C)ccc2CC)c1. The second-order valence-electron chi connectivity index (χ2n) is 13.1. The van der Waals surface area contributed by atoms with Crippen molar-refractivity contribution in [1.29, 1.82) is 5.26 Å². The lowest BCUT2D eigenvalue weighted by Gasteiger charge is -2.27.